The third-order valence-electron chi connectivity index (χ3n) is 4.69. The Kier molecular flexibility index (Phi) is 6.55. The van der Waals surface area contributed by atoms with Crippen LogP contribution in [-0.2, 0) is 24.9 Å². The first-order valence-electron chi connectivity index (χ1n) is 8.66. The van der Waals surface area contributed by atoms with Crippen molar-refractivity contribution in [3.05, 3.63) is 44.1 Å². The van der Waals surface area contributed by atoms with Gasteiger partial charge in [-0.2, -0.15) is 0 Å². The highest BCUT2D eigenvalue weighted by Crippen LogP contribution is 2.25. The SMILES string of the molecule is C=CCn1c(=O)n(C)c(=O)n(CC(O)COC2CCC(C)CC2)c1=O. The lowest BCUT2D eigenvalue weighted by atomic mass is 9.89. The van der Waals surface area contributed by atoms with Crippen LogP contribution >= 0.6 is 0 Å². The van der Waals surface area contributed by atoms with Crippen LogP contribution < -0.4 is 17.1 Å². The molecule has 1 aliphatic carbocycles. The van der Waals surface area contributed by atoms with Crippen molar-refractivity contribution in [1.82, 2.24) is 13.7 Å². The summed E-state index contributed by atoms with van der Waals surface area (Å²) in [4.78, 5) is 36.5. The molecule has 0 radical (unpaired) electrons. The largest absolute Gasteiger partial charge is 0.389 e. The van der Waals surface area contributed by atoms with Crippen molar-refractivity contribution in [3.8, 4) is 0 Å². The molecule has 8 heteroatoms. The molecule has 1 atom stereocenters. The maximum atomic E-state index is 12.3. The van der Waals surface area contributed by atoms with Crippen molar-refractivity contribution < 1.29 is 9.84 Å². The Bertz CT molecular complexity index is 768. The first-order chi connectivity index (χ1) is 11.8. The molecule has 1 saturated carbocycles. The highest BCUT2D eigenvalue weighted by Gasteiger charge is 2.21. The van der Waals surface area contributed by atoms with Crippen LogP contribution in [0.5, 0.6) is 0 Å². The van der Waals surface area contributed by atoms with Gasteiger partial charge in [0.1, 0.15) is 0 Å². The van der Waals surface area contributed by atoms with E-state index in [0.29, 0.717) is 5.92 Å². The van der Waals surface area contributed by atoms with Crippen LogP contribution in [0.2, 0.25) is 0 Å². The highest BCUT2D eigenvalue weighted by molar-refractivity contribution is 4.82. The Morgan fingerprint density at radius 2 is 1.76 bits per heavy atom. The van der Waals surface area contributed by atoms with Gasteiger partial charge in [-0.15, -0.1) is 6.58 Å². The fourth-order valence-corrected chi connectivity index (χ4v) is 3.10. The minimum absolute atomic E-state index is 0.00135. The molecule has 1 N–H and O–H groups in total. The van der Waals surface area contributed by atoms with Gasteiger partial charge in [-0.25, -0.2) is 28.1 Å². The standard InChI is InChI=1S/C17H27N3O5/c1-4-9-19-15(22)18(3)16(23)20(17(19)24)10-13(21)11-25-14-7-5-12(2)6-8-14/h4,12-14,21H,1,5-11H2,2-3H3. The van der Waals surface area contributed by atoms with E-state index in [9.17, 15) is 19.5 Å². The van der Waals surface area contributed by atoms with Crippen molar-refractivity contribution in [2.45, 2.75) is 57.9 Å². The van der Waals surface area contributed by atoms with Gasteiger partial charge in [0.2, 0.25) is 0 Å². The number of aromatic nitrogens is 3. The molecule has 0 amide bonds. The molecular weight excluding hydrogens is 326 g/mol. The maximum Gasteiger partial charge on any atom is 0.336 e. The first kappa shape index (κ1) is 19.4. The second-order valence-electron chi connectivity index (χ2n) is 6.79. The Hall–Kier alpha value is -1.93. The maximum absolute atomic E-state index is 12.3. The lowest BCUT2D eigenvalue weighted by Gasteiger charge is -2.27. The molecule has 8 nitrogen and oxygen atoms in total. The third-order valence-corrected chi connectivity index (χ3v) is 4.69. The quantitative estimate of drug-likeness (QED) is 0.688. The number of hydrogen-bond donors (Lipinski definition) is 1. The normalized spacial score (nSPS) is 21.9. The average molecular weight is 353 g/mol. The number of ether oxygens (including phenoxy) is 1. The molecule has 0 bridgehead atoms. The second-order valence-corrected chi connectivity index (χ2v) is 6.79. The molecule has 25 heavy (non-hydrogen) atoms. The smallest absolute Gasteiger partial charge is 0.336 e. The zero-order valence-electron chi connectivity index (χ0n) is 14.9. The van der Waals surface area contributed by atoms with E-state index in [4.69, 9.17) is 4.74 Å². The van der Waals surface area contributed by atoms with Crippen LogP contribution in [0.4, 0.5) is 0 Å². The molecule has 1 aromatic rings. The molecule has 140 valence electrons. The van der Waals surface area contributed by atoms with E-state index >= 15 is 0 Å². The summed E-state index contributed by atoms with van der Waals surface area (Å²) < 4.78 is 8.34. The van der Waals surface area contributed by atoms with Crippen molar-refractivity contribution in [1.29, 1.82) is 0 Å². The summed E-state index contributed by atoms with van der Waals surface area (Å²) in [7, 11) is 1.30. The number of aliphatic hydroxyl groups is 1. The summed E-state index contributed by atoms with van der Waals surface area (Å²) in [5.74, 6) is 0.706. The van der Waals surface area contributed by atoms with E-state index in [1.807, 2.05) is 0 Å². The minimum atomic E-state index is -1.00. The molecule has 0 aliphatic heterocycles. The molecule has 1 aliphatic rings. The van der Waals surface area contributed by atoms with Gasteiger partial charge in [0, 0.05) is 7.05 Å². The molecule has 2 rings (SSSR count). The summed E-state index contributed by atoms with van der Waals surface area (Å²) in [5.41, 5.74) is -2.20. The lowest BCUT2D eigenvalue weighted by Crippen LogP contribution is -2.54. The Labute approximate surface area is 146 Å². The van der Waals surface area contributed by atoms with Gasteiger partial charge in [0.15, 0.2) is 0 Å². The number of nitrogens with zero attached hydrogens (tertiary/aromatic N) is 3. The Morgan fingerprint density at radius 1 is 1.16 bits per heavy atom. The topological polar surface area (TPSA) is 95.5 Å². The van der Waals surface area contributed by atoms with Gasteiger partial charge in [-0.3, -0.25) is 0 Å². The summed E-state index contributed by atoms with van der Waals surface area (Å²) in [6.07, 6.45) is 4.64. The Morgan fingerprint density at radius 3 is 2.36 bits per heavy atom. The van der Waals surface area contributed by atoms with E-state index < -0.39 is 23.2 Å². The fourth-order valence-electron chi connectivity index (χ4n) is 3.10. The van der Waals surface area contributed by atoms with Crippen molar-refractivity contribution in [3.63, 3.8) is 0 Å². The molecule has 1 unspecified atom stereocenters. The predicted octanol–water partition coefficient (Wildman–Crippen LogP) is -0.149. The summed E-state index contributed by atoms with van der Waals surface area (Å²) in [6.45, 7) is 5.55. The van der Waals surface area contributed by atoms with Crippen LogP contribution in [0.15, 0.2) is 27.0 Å². The van der Waals surface area contributed by atoms with Crippen LogP contribution in [-0.4, -0.2) is 37.6 Å². The number of hydrogen-bond acceptors (Lipinski definition) is 5. The molecule has 0 saturated heterocycles. The molecule has 0 aromatic carbocycles. The van der Waals surface area contributed by atoms with Gasteiger partial charge >= 0.3 is 17.1 Å². The summed E-state index contributed by atoms with van der Waals surface area (Å²) >= 11 is 0. The zero-order valence-corrected chi connectivity index (χ0v) is 14.9. The molecule has 1 heterocycles. The van der Waals surface area contributed by atoms with Crippen molar-refractivity contribution in [2.24, 2.45) is 13.0 Å². The van der Waals surface area contributed by atoms with Crippen LogP contribution in [0.3, 0.4) is 0 Å². The van der Waals surface area contributed by atoms with Crippen LogP contribution in [0.1, 0.15) is 32.6 Å². The Balaban J connectivity index is 2.08. The number of rotatable bonds is 7. The monoisotopic (exact) mass is 353 g/mol. The minimum Gasteiger partial charge on any atom is -0.389 e. The molecule has 1 fully saturated rings. The predicted molar refractivity (Wildman–Crippen MR) is 93.8 cm³/mol. The van der Waals surface area contributed by atoms with Gasteiger partial charge in [0.05, 0.1) is 31.9 Å². The zero-order chi connectivity index (χ0) is 18.6. The van der Waals surface area contributed by atoms with E-state index in [1.165, 1.54) is 13.1 Å². The fraction of sp³-hybridized carbons (Fsp3) is 0.706. The van der Waals surface area contributed by atoms with Crippen LogP contribution in [0, 0.1) is 5.92 Å². The van der Waals surface area contributed by atoms with Crippen molar-refractivity contribution in [2.75, 3.05) is 6.61 Å². The lowest BCUT2D eigenvalue weighted by molar-refractivity contribution is -0.0337. The molecule has 0 spiro atoms. The highest BCUT2D eigenvalue weighted by atomic mass is 16.5. The second kappa shape index (κ2) is 8.44. The van der Waals surface area contributed by atoms with E-state index in [1.54, 1.807) is 0 Å². The van der Waals surface area contributed by atoms with Gasteiger partial charge in [0.25, 0.3) is 0 Å². The van der Waals surface area contributed by atoms with Gasteiger partial charge in [-0.1, -0.05) is 13.0 Å². The van der Waals surface area contributed by atoms with E-state index in [0.717, 1.165) is 39.4 Å². The third kappa shape index (κ3) is 4.58. The van der Waals surface area contributed by atoms with E-state index in [-0.39, 0.29) is 25.8 Å². The first-order valence-corrected chi connectivity index (χ1v) is 8.66. The van der Waals surface area contributed by atoms with E-state index in [2.05, 4.69) is 13.5 Å². The van der Waals surface area contributed by atoms with Gasteiger partial charge in [-0.05, 0) is 31.6 Å². The molecular formula is C17H27N3O5. The molecule has 1 aromatic heterocycles. The number of allylic oxidation sites excluding steroid dienone is 1. The summed E-state index contributed by atoms with van der Waals surface area (Å²) in [6, 6.07) is 0. The van der Waals surface area contributed by atoms with Crippen molar-refractivity contribution >= 4 is 0 Å². The average Bonchev–Trinajstić information content (AvgIpc) is 2.60. The number of aliphatic hydroxyl groups excluding tert-OH is 1. The summed E-state index contributed by atoms with van der Waals surface area (Å²) in [5, 5.41) is 10.2. The van der Waals surface area contributed by atoms with Gasteiger partial charge < -0.3 is 9.84 Å². The van der Waals surface area contributed by atoms with Crippen LogP contribution in [0.25, 0.3) is 0 Å².